The first-order chi connectivity index (χ1) is 9.04. The van der Waals surface area contributed by atoms with Crippen LogP contribution in [0.3, 0.4) is 0 Å². The fourth-order valence-electron chi connectivity index (χ4n) is 2.31. The van der Waals surface area contributed by atoms with Crippen molar-refractivity contribution in [1.29, 1.82) is 0 Å². The highest BCUT2D eigenvalue weighted by Crippen LogP contribution is 2.35. The van der Waals surface area contributed by atoms with Crippen molar-refractivity contribution in [2.24, 2.45) is 0 Å². The SMILES string of the molecule is CCC(C(=O)O)N(C)C(C)c1ccc2c(c1)OCO2. The molecule has 2 atom stereocenters. The molecule has 104 valence electrons. The van der Waals surface area contributed by atoms with E-state index in [4.69, 9.17) is 9.47 Å². The molecule has 0 aliphatic carbocycles. The molecule has 0 amide bonds. The van der Waals surface area contributed by atoms with Crippen LogP contribution in [0.1, 0.15) is 31.9 Å². The molecule has 0 fully saturated rings. The van der Waals surface area contributed by atoms with Crippen LogP contribution in [0.2, 0.25) is 0 Å². The maximum Gasteiger partial charge on any atom is 0.320 e. The van der Waals surface area contributed by atoms with Gasteiger partial charge < -0.3 is 14.6 Å². The Balaban J connectivity index is 2.19. The van der Waals surface area contributed by atoms with Gasteiger partial charge in [0.1, 0.15) is 6.04 Å². The van der Waals surface area contributed by atoms with Gasteiger partial charge in [0.25, 0.3) is 0 Å². The van der Waals surface area contributed by atoms with Crippen molar-refractivity contribution in [2.45, 2.75) is 32.4 Å². The van der Waals surface area contributed by atoms with Crippen LogP contribution >= 0.6 is 0 Å². The molecule has 1 heterocycles. The molecule has 0 spiro atoms. The second-order valence-electron chi connectivity index (χ2n) is 4.72. The Morgan fingerprint density at radius 3 is 2.74 bits per heavy atom. The molecule has 0 saturated carbocycles. The summed E-state index contributed by atoms with van der Waals surface area (Å²) >= 11 is 0. The number of hydrogen-bond donors (Lipinski definition) is 1. The van der Waals surface area contributed by atoms with Crippen molar-refractivity contribution in [3.05, 3.63) is 23.8 Å². The normalized spacial score (nSPS) is 16.4. The van der Waals surface area contributed by atoms with Gasteiger partial charge in [-0.3, -0.25) is 9.69 Å². The van der Waals surface area contributed by atoms with Crippen molar-refractivity contribution >= 4 is 5.97 Å². The number of nitrogens with zero attached hydrogens (tertiary/aromatic N) is 1. The van der Waals surface area contributed by atoms with E-state index in [0.717, 1.165) is 17.1 Å². The molecule has 0 radical (unpaired) electrons. The van der Waals surface area contributed by atoms with Gasteiger partial charge in [-0.05, 0) is 38.1 Å². The fraction of sp³-hybridized carbons (Fsp3) is 0.500. The second-order valence-corrected chi connectivity index (χ2v) is 4.72. The molecule has 0 aromatic heterocycles. The van der Waals surface area contributed by atoms with Crippen LogP contribution in [0.15, 0.2) is 18.2 Å². The van der Waals surface area contributed by atoms with Gasteiger partial charge >= 0.3 is 5.97 Å². The molecule has 0 saturated heterocycles. The molecule has 1 aliphatic rings. The monoisotopic (exact) mass is 265 g/mol. The van der Waals surface area contributed by atoms with Crippen LogP contribution in [0.5, 0.6) is 11.5 Å². The van der Waals surface area contributed by atoms with Gasteiger partial charge in [-0.15, -0.1) is 0 Å². The zero-order valence-corrected chi connectivity index (χ0v) is 11.4. The Labute approximate surface area is 112 Å². The molecule has 19 heavy (non-hydrogen) atoms. The minimum absolute atomic E-state index is 0.00412. The predicted octanol–water partition coefficient (Wildman–Crippen LogP) is 2.27. The van der Waals surface area contributed by atoms with Gasteiger partial charge in [0, 0.05) is 6.04 Å². The van der Waals surface area contributed by atoms with E-state index in [1.54, 1.807) is 0 Å². The lowest BCUT2D eigenvalue weighted by Gasteiger charge is -2.30. The summed E-state index contributed by atoms with van der Waals surface area (Å²) in [6, 6.07) is 5.24. The molecule has 2 rings (SSSR count). The van der Waals surface area contributed by atoms with Crippen molar-refractivity contribution in [2.75, 3.05) is 13.8 Å². The summed E-state index contributed by atoms with van der Waals surface area (Å²) in [7, 11) is 1.83. The topological polar surface area (TPSA) is 59.0 Å². The minimum atomic E-state index is -0.794. The molecule has 1 N–H and O–H groups in total. The minimum Gasteiger partial charge on any atom is -0.480 e. The van der Waals surface area contributed by atoms with Gasteiger partial charge in [-0.25, -0.2) is 0 Å². The number of benzene rings is 1. The van der Waals surface area contributed by atoms with Crippen LogP contribution in [0.25, 0.3) is 0 Å². The molecule has 5 nitrogen and oxygen atoms in total. The number of aliphatic carboxylic acids is 1. The number of hydrogen-bond acceptors (Lipinski definition) is 4. The lowest BCUT2D eigenvalue weighted by Crippen LogP contribution is -2.39. The van der Waals surface area contributed by atoms with E-state index >= 15 is 0 Å². The Bertz CT molecular complexity index is 475. The molecule has 1 aromatic carbocycles. The van der Waals surface area contributed by atoms with Crippen LogP contribution in [0, 0.1) is 0 Å². The summed E-state index contributed by atoms with van der Waals surface area (Å²) < 4.78 is 10.6. The number of carbonyl (C=O) groups is 1. The maximum absolute atomic E-state index is 11.2. The maximum atomic E-state index is 11.2. The summed E-state index contributed by atoms with van der Waals surface area (Å²) in [5.41, 5.74) is 1.02. The van der Waals surface area contributed by atoms with E-state index in [9.17, 15) is 9.90 Å². The molecule has 1 aliphatic heterocycles. The zero-order valence-electron chi connectivity index (χ0n) is 11.4. The number of rotatable bonds is 5. The number of carboxylic acid groups (broad SMARTS) is 1. The highest BCUT2D eigenvalue weighted by Gasteiger charge is 2.26. The number of likely N-dealkylation sites (N-methyl/N-ethyl adjacent to an activating group) is 1. The predicted molar refractivity (Wildman–Crippen MR) is 70.5 cm³/mol. The van der Waals surface area contributed by atoms with Gasteiger partial charge in [0.05, 0.1) is 0 Å². The molecule has 1 aromatic rings. The third kappa shape index (κ3) is 2.66. The zero-order chi connectivity index (χ0) is 14.0. The van der Waals surface area contributed by atoms with Crippen molar-refractivity contribution in [3.63, 3.8) is 0 Å². The van der Waals surface area contributed by atoms with E-state index in [1.165, 1.54) is 0 Å². The van der Waals surface area contributed by atoms with Crippen molar-refractivity contribution in [3.8, 4) is 11.5 Å². The van der Waals surface area contributed by atoms with E-state index in [2.05, 4.69) is 0 Å². The first-order valence-electron chi connectivity index (χ1n) is 6.39. The van der Waals surface area contributed by atoms with E-state index in [-0.39, 0.29) is 12.8 Å². The molecule has 2 unspecified atom stereocenters. The highest BCUT2D eigenvalue weighted by molar-refractivity contribution is 5.73. The average Bonchev–Trinajstić information content (AvgIpc) is 2.85. The highest BCUT2D eigenvalue weighted by atomic mass is 16.7. The van der Waals surface area contributed by atoms with E-state index in [1.807, 2.05) is 44.0 Å². The van der Waals surface area contributed by atoms with Crippen LogP contribution < -0.4 is 9.47 Å². The molecular formula is C14H19NO4. The lowest BCUT2D eigenvalue weighted by molar-refractivity contribution is -0.143. The summed E-state index contributed by atoms with van der Waals surface area (Å²) in [6.07, 6.45) is 0.570. The van der Waals surface area contributed by atoms with Gasteiger partial charge in [0.2, 0.25) is 6.79 Å². The number of ether oxygens (including phenoxy) is 2. The van der Waals surface area contributed by atoms with E-state index in [0.29, 0.717) is 6.42 Å². The van der Waals surface area contributed by atoms with Crippen LogP contribution in [0.4, 0.5) is 0 Å². The first-order valence-corrected chi connectivity index (χ1v) is 6.39. The third-order valence-corrected chi connectivity index (χ3v) is 3.65. The fourth-order valence-corrected chi connectivity index (χ4v) is 2.31. The van der Waals surface area contributed by atoms with Gasteiger partial charge in [-0.1, -0.05) is 13.0 Å². The quantitative estimate of drug-likeness (QED) is 0.885. The smallest absolute Gasteiger partial charge is 0.320 e. The first kappa shape index (κ1) is 13.7. The molecule has 0 bridgehead atoms. The summed E-state index contributed by atoms with van der Waals surface area (Å²) in [5, 5.41) is 9.21. The summed E-state index contributed by atoms with van der Waals surface area (Å²) in [6.45, 7) is 4.11. The Hall–Kier alpha value is -1.75. The number of carboxylic acids is 1. The molecule has 5 heteroatoms. The van der Waals surface area contributed by atoms with Gasteiger partial charge in [0.15, 0.2) is 11.5 Å². The summed E-state index contributed by atoms with van der Waals surface area (Å²) in [4.78, 5) is 13.1. The van der Waals surface area contributed by atoms with Crippen LogP contribution in [-0.2, 0) is 4.79 Å². The second kappa shape index (κ2) is 5.48. The van der Waals surface area contributed by atoms with Crippen LogP contribution in [-0.4, -0.2) is 35.9 Å². The standard InChI is InChI=1S/C14H19NO4/c1-4-11(14(16)17)15(3)9(2)10-5-6-12-13(7-10)19-8-18-12/h5-7,9,11H,4,8H2,1-3H3,(H,16,17). The largest absolute Gasteiger partial charge is 0.480 e. The molecular weight excluding hydrogens is 246 g/mol. The Morgan fingerprint density at radius 2 is 2.11 bits per heavy atom. The van der Waals surface area contributed by atoms with E-state index < -0.39 is 12.0 Å². The van der Waals surface area contributed by atoms with Crippen molar-refractivity contribution < 1.29 is 19.4 Å². The third-order valence-electron chi connectivity index (χ3n) is 3.65. The lowest BCUT2D eigenvalue weighted by atomic mass is 10.0. The average molecular weight is 265 g/mol. The van der Waals surface area contributed by atoms with Crippen molar-refractivity contribution in [1.82, 2.24) is 4.90 Å². The Kier molecular flexibility index (Phi) is 3.95. The summed E-state index contributed by atoms with van der Waals surface area (Å²) in [5.74, 6) is 0.669. The Morgan fingerprint density at radius 1 is 1.42 bits per heavy atom. The number of fused-ring (bicyclic) bond motifs is 1. The van der Waals surface area contributed by atoms with Gasteiger partial charge in [-0.2, -0.15) is 0 Å².